The molecule has 0 N–H and O–H groups in total. The van der Waals surface area contributed by atoms with Crippen molar-refractivity contribution in [2.24, 2.45) is 4.40 Å². The summed E-state index contributed by atoms with van der Waals surface area (Å²) in [5, 5.41) is 0.123. The van der Waals surface area contributed by atoms with E-state index in [1.807, 2.05) is 31.2 Å². The van der Waals surface area contributed by atoms with Crippen LogP contribution in [0.15, 0.2) is 79.9 Å². The Hall–Kier alpha value is -2.16. The minimum atomic E-state index is -3.94. The minimum absolute atomic E-state index is 0.0964. The van der Waals surface area contributed by atoms with Gasteiger partial charge in [-0.05, 0) is 59.7 Å². The standard InChI is InChI=1S/C21H19BrN2O3S2/c1-3-13-24-20(25)19(14-16-5-9-17(22)10-6-16)28-21(24)23-29(26,27)18-11-7-15(4-2)8-12-18/h3,5-12,14H,1,4,13H2,2H3/b19-14-,23-21-. The normalized spacial score (nSPS) is 17.3. The Morgan fingerprint density at radius 2 is 1.79 bits per heavy atom. The first-order valence-electron chi connectivity index (χ1n) is 8.86. The van der Waals surface area contributed by atoms with E-state index in [1.165, 1.54) is 17.0 Å². The van der Waals surface area contributed by atoms with Crippen molar-refractivity contribution in [3.8, 4) is 0 Å². The summed E-state index contributed by atoms with van der Waals surface area (Å²) < 4.78 is 30.4. The molecule has 0 aliphatic carbocycles. The highest BCUT2D eigenvalue weighted by Crippen LogP contribution is 2.33. The summed E-state index contributed by atoms with van der Waals surface area (Å²) in [7, 11) is -3.94. The van der Waals surface area contributed by atoms with Crippen molar-refractivity contribution < 1.29 is 13.2 Å². The number of thioether (sulfide) groups is 1. The summed E-state index contributed by atoms with van der Waals surface area (Å²) in [5.41, 5.74) is 1.87. The number of carbonyl (C=O) groups excluding carboxylic acids is 1. The van der Waals surface area contributed by atoms with Gasteiger partial charge in [0.2, 0.25) is 0 Å². The number of carbonyl (C=O) groups is 1. The van der Waals surface area contributed by atoms with Gasteiger partial charge in [-0.25, -0.2) is 0 Å². The van der Waals surface area contributed by atoms with Crippen LogP contribution in [0.25, 0.3) is 6.08 Å². The summed E-state index contributed by atoms with van der Waals surface area (Å²) in [6.45, 7) is 5.82. The molecule has 5 nitrogen and oxygen atoms in total. The van der Waals surface area contributed by atoms with Gasteiger partial charge in [-0.3, -0.25) is 9.69 Å². The Morgan fingerprint density at radius 1 is 1.14 bits per heavy atom. The Morgan fingerprint density at radius 3 is 2.38 bits per heavy atom. The number of benzene rings is 2. The summed E-state index contributed by atoms with van der Waals surface area (Å²) >= 11 is 4.42. The second-order valence-electron chi connectivity index (χ2n) is 6.21. The van der Waals surface area contributed by atoms with Gasteiger partial charge in [0, 0.05) is 11.0 Å². The zero-order chi connectivity index (χ0) is 21.0. The first kappa shape index (κ1) is 21.5. The fourth-order valence-corrected chi connectivity index (χ4v) is 5.08. The highest BCUT2D eigenvalue weighted by Gasteiger charge is 2.34. The minimum Gasteiger partial charge on any atom is -0.282 e. The molecule has 0 aromatic heterocycles. The lowest BCUT2D eigenvalue weighted by atomic mass is 10.2. The van der Waals surface area contributed by atoms with Crippen LogP contribution in [0.3, 0.4) is 0 Å². The van der Waals surface area contributed by atoms with E-state index in [2.05, 4.69) is 26.9 Å². The second kappa shape index (κ2) is 9.11. The van der Waals surface area contributed by atoms with Crippen molar-refractivity contribution >= 4 is 54.9 Å². The van der Waals surface area contributed by atoms with Gasteiger partial charge in [0.05, 0.1) is 9.80 Å². The molecule has 0 bridgehead atoms. The maximum absolute atomic E-state index is 12.8. The van der Waals surface area contributed by atoms with E-state index in [9.17, 15) is 13.2 Å². The lowest BCUT2D eigenvalue weighted by Gasteiger charge is -2.12. The molecule has 1 amide bonds. The van der Waals surface area contributed by atoms with Crippen LogP contribution in [0.5, 0.6) is 0 Å². The van der Waals surface area contributed by atoms with Gasteiger partial charge in [-0.2, -0.15) is 8.42 Å². The molecule has 0 saturated carbocycles. The summed E-state index contributed by atoms with van der Waals surface area (Å²) in [5.74, 6) is -0.298. The molecule has 1 aliphatic rings. The van der Waals surface area contributed by atoms with Gasteiger partial charge < -0.3 is 0 Å². The molecule has 2 aromatic rings. The topological polar surface area (TPSA) is 66.8 Å². The number of aryl methyl sites for hydroxylation is 1. The van der Waals surface area contributed by atoms with Crippen molar-refractivity contribution in [2.45, 2.75) is 18.2 Å². The zero-order valence-corrected chi connectivity index (χ0v) is 18.9. The molecule has 8 heteroatoms. The zero-order valence-electron chi connectivity index (χ0n) is 15.7. The van der Waals surface area contributed by atoms with E-state index in [-0.39, 0.29) is 22.5 Å². The van der Waals surface area contributed by atoms with Gasteiger partial charge in [0.15, 0.2) is 5.17 Å². The summed E-state index contributed by atoms with van der Waals surface area (Å²) in [6.07, 6.45) is 4.08. The van der Waals surface area contributed by atoms with Crippen LogP contribution in [0.1, 0.15) is 18.1 Å². The fraction of sp³-hybridized carbons (Fsp3) is 0.143. The SMILES string of the molecule is C=CCN1C(=O)/C(=C/c2ccc(Br)cc2)S/C1=N\S(=O)(=O)c1ccc(CC)cc1. The van der Waals surface area contributed by atoms with Crippen molar-refractivity contribution in [3.63, 3.8) is 0 Å². The fourth-order valence-electron chi connectivity index (χ4n) is 2.63. The molecular formula is C21H19BrN2O3S2. The average molecular weight is 491 g/mol. The van der Waals surface area contributed by atoms with Crippen LogP contribution >= 0.6 is 27.7 Å². The number of amides is 1. The number of hydrogen-bond donors (Lipinski definition) is 0. The Balaban J connectivity index is 1.96. The smallest absolute Gasteiger partial charge is 0.282 e. The van der Waals surface area contributed by atoms with E-state index in [4.69, 9.17) is 0 Å². The lowest BCUT2D eigenvalue weighted by Crippen LogP contribution is -2.29. The lowest BCUT2D eigenvalue weighted by molar-refractivity contribution is -0.121. The third-order valence-electron chi connectivity index (χ3n) is 4.20. The molecule has 2 aromatic carbocycles. The predicted molar refractivity (Wildman–Crippen MR) is 122 cm³/mol. The molecular weight excluding hydrogens is 472 g/mol. The number of hydrogen-bond acceptors (Lipinski definition) is 4. The van der Waals surface area contributed by atoms with E-state index < -0.39 is 10.0 Å². The number of nitrogens with zero attached hydrogens (tertiary/aromatic N) is 2. The molecule has 29 heavy (non-hydrogen) atoms. The van der Waals surface area contributed by atoms with Gasteiger partial charge in [0.1, 0.15) is 0 Å². The van der Waals surface area contributed by atoms with Crippen LogP contribution in [0, 0.1) is 0 Å². The largest absolute Gasteiger partial charge is 0.284 e. The van der Waals surface area contributed by atoms with Crippen molar-refractivity contribution in [2.75, 3.05) is 6.54 Å². The number of amidine groups is 1. The monoisotopic (exact) mass is 490 g/mol. The van der Waals surface area contributed by atoms with E-state index in [1.54, 1.807) is 24.3 Å². The van der Waals surface area contributed by atoms with Crippen LogP contribution < -0.4 is 0 Å². The van der Waals surface area contributed by atoms with Gasteiger partial charge >= 0.3 is 0 Å². The Kier molecular flexibility index (Phi) is 6.77. The van der Waals surface area contributed by atoms with Gasteiger partial charge in [-0.15, -0.1) is 11.0 Å². The van der Waals surface area contributed by atoms with Crippen LogP contribution in [-0.4, -0.2) is 30.9 Å². The maximum Gasteiger partial charge on any atom is 0.284 e. The highest BCUT2D eigenvalue weighted by atomic mass is 79.9. The van der Waals surface area contributed by atoms with Crippen LogP contribution in [0.2, 0.25) is 0 Å². The van der Waals surface area contributed by atoms with Crippen molar-refractivity contribution in [1.29, 1.82) is 0 Å². The third kappa shape index (κ3) is 5.07. The van der Waals surface area contributed by atoms with Crippen molar-refractivity contribution in [1.82, 2.24) is 4.90 Å². The van der Waals surface area contributed by atoms with Crippen LogP contribution in [-0.2, 0) is 21.2 Å². The van der Waals surface area contributed by atoms with Gasteiger partial charge in [-0.1, -0.05) is 53.2 Å². The molecule has 3 rings (SSSR count). The molecule has 0 spiro atoms. The Labute approximate surface area is 183 Å². The van der Waals surface area contributed by atoms with E-state index in [0.29, 0.717) is 4.91 Å². The van der Waals surface area contributed by atoms with E-state index >= 15 is 0 Å². The summed E-state index contributed by atoms with van der Waals surface area (Å²) in [6, 6.07) is 14.1. The van der Waals surface area contributed by atoms with Crippen molar-refractivity contribution in [3.05, 3.63) is 81.7 Å². The van der Waals surface area contributed by atoms with Crippen LogP contribution in [0.4, 0.5) is 0 Å². The molecule has 0 atom stereocenters. The maximum atomic E-state index is 12.8. The Bertz CT molecular complexity index is 1090. The molecule has 1 aliphatic heterocycles. The number of halogens is 1. The van der Waals surface area contributed by atoms with Gasteiger partial charge in [0.25, 0.3) is 15.9 Å². The first-order valence-corrected chi connectivity index (χ1v) is 11.9. The highest BCUT2D eigenvalue weighted by molar-refractivity contribution is 9.10. The van der Waals surface area contributed by atoms with E-state index in [0.717, 1.165) is 33.8 Å². The molecule has 0 unspecified atom stereocenters. The molecule has 1 saturated heterocycles. The number of sulfonamides is 1. The average Bonchev–Trinajstić information content (AvgIpc) is 2.98. The molecule has 0 radical (unpaired) electrons. The third-order valence-corrected chi connectivity index (χ3v) is 7.13. The first-order chi connectivity index (χ1) is 13.8. The summed E-state index contributed by atoms with van der Waals surface area (Å²) in [4.78, 5) is 14.6. The molecule has 1 fully saturated rings. The quantitative estimate of drug-likeness (QED) is 0.428. The molecule has 150 valence electrons. The predicted octanol–water partition coefficient (Wildman–Crippen LogP) is 4.86. The second-order valence-corrected chi connectivity index (χ2v) is 9.74. The number of rotatable bonds is 6. The molecule has 1 heterocycles.